The largest absolute Gasteiger partial charge is 0.401 e. The maximum absolute atomic E-state index is 12.3. The van der Waals surface area contributed by atoms with E-state index < -0.39 is 12.7 Å². The monoisotopic (exact) mass is 470 g/mol. The Labute approximate surface area is 164 Å². The van der Waals surface area contributed by atoms with Crippen molar-refractivity contribution in [2.24, 2.45) is 4.99 Å². The minimum Gasteiger partial charge on any atom is -0.355 e. The van der Waals surface area contributed by atoms with Crippen molar-refractivity contribution in [2.45, 2.75) is 18.5 Å². The van der Waals surface area contributed by atoms with Crippen LogP contribution in [0, 0.1) is 0 Å². The summed E-state index contributed by atoms with van der Waals surface area (Å²) in [5, 5.41) is 3.17. The number of nitrogens with zero attached hydrogens (tertiary/aromatic N) is 3. The number of hydrogen-bond acceptors (Lipinski definition) is 2. The first-order chi connectivity index (χ1) is 11.4. The standard InChI is InChI=1S/C17H25F3N4.HI/c1-21-16(22-9-11-23(2)13-17(18,19)20)24-10-8-15(12-24)14-6-4-3-5-7-14;/h3-7,15H,8-13H2,1-2H3,(H,21,22);1H. The molecule has 0 radical (unpaired) electrons. The lowest BCUT2D eigenvalue weighted by Gasteiger charge is -2.24. The van der Waals surface area contributed by atoms with Crippen LogP contribution in [0.25, 0.3) is 0 Å². The Hall–Kier alpha value is -1.03. The molecule has 1 aliphatic heterocycles. The molecule has 1 aromatic carbocycles. The first-order valence-electron chi connectivity index (χ1n) is 8.15. The molecule has 25 heavy (non-hydrogen) atoms. The van der Waals surface area contributed by atoms with Crippen molar-refractivity contribution in [1.29, 1.82) is 0 Å². The van der Waals surface area contributed by atoms with E-state index in [4.69, 9.17) is 0 Å². The number of aliphatic imine (C=N–C) groups is 1. The summed E-state index contributed by atoms with van der Waals surface area (Å²) in [6.45, 7) is 1.63. The van der Waals surface area contributed by atoms with Gasteiger partial charge in [-0.3, -0.25) is 9.89 Å². The Morgan fingerprint density at radius 3 is 2.60 bits per heavy atom. The second kappa shape index (κ2) is 10.2. The highest BCUT2D eigenvalue weighted by atomic mass is 127. The SMILES string of the molecule is CN=C(NCCN(C)CC(F)(F)F)N1CCC(c2ccccc2)C1.I. The van der Waals surface area contributed by atoms with Crippen LogP contribution in [0.5, 0.6) is 0 Å². The molecule has 1 aliphatic rings. The number of likely N-dealkylation sites (tertiary alicyclic amines) is 1. The van der Waals surface area contributed by atoms with E-state index in [1.54, 1.807) is 7.05 Å². The predicted molar refractivity (Wildman–Crippen MR) is 106 cm³/mol. The van der Waals surface area contributed by atoms with Gasteiger partial charge in [0.2, 0.25) is 0 Å². The fourth-order valence-corrected chi connectivity index (χ4v) is 3.03. The number of alkyl halides is 3. The van der Waals surface area contributed by atoms with Crippen LogP contribution in [0.3, 0.4) is 0 Å². The molecule has 0 bridgehead atoms. The molecule has 8 heteroatoms. The highest BCUT2D eigenvalue weighted by molar-refractivity contribution is 14.0. The minimum absolute atomic E-state index is 0. The van der Waals surface area contributed by atoms with Gasteiger partial charge in [-0.15, -0.1) is 24.0 Å². The molecule has 1 aromatic rings. The molecule has 0 aromatic heterocycles. The van der Waals surface area contributed by atoms with E-state index in [2.05, 4.69) is 27.3 Å². The fraction of sp³-hybridized carbons (Fsp3) is 0.588. The van der Waals surface area contributed by atoms with Gasteiger partial charge < -0.3 is 10.2 Å². The quantitative estimate of drug-likeness (QED) is 0.408. The third-order valence-electron chi connectivity index (χ3n) is 4.20. The zero-order chi connectivity index (χ0) is 17.6. The number of halogens is 4. The van der Waals surface area contributed by atoms with Crippen LogP contribution < -0.4 is 5.32 Å². The van der Waals surface area contributed by atoms with Gasteiger partial charge in [-0.1, -0.05) is 30.3 Å². The third kappa shape index (κ3) is 7.39. The summed E-state index contributed by atoms with van der Waals surface area (Å²) >= 11 is 0. The van der Waals surface area contributed by atoms with Crippen molar-refractivity contribution in [3.63, 3.8) is 0 Å². The van der Waals surface area contributed by atoms with Crippen LogP contribution in [0.2, 0.25) is 0 Å². The molecule has 0 spiro atoms. The lowest BCUT2D eigenvalue weighted by molar-refractivity contribution is -0.142. The molecule has 1 heterocycles. The Balaban J connectivity index is 0.00000312. The highest BCUT2D eigenvalue weighted by Crippen LogP contribution is 2.26. The number of nitrogens with one attached hydrogen (secondary N) is 1. The van der Waals surface area contributed by atoms with E-state index in [-0.39, 0.29) is 24.0 Å². The Bertz CT molecular complexity index is 536. The van der Waals surface area contributed by atoms with Crippen LogP contribution >= 0.6 is 24.0 Å². The van der Waals surface area contributed by atoms with E-state index in [1.165, 1.54) is 17.5 Å². The van der Waals surface area contributed by atoms with Gasteiger partial charge >= 0.3 is 6.18 Å². The van der Waals surface area contributed by atoms with Crippen molar-refractivity contribution in [3.8, 4) is 0 Å². The summed E-state index contributed by atoms with van der Waals surface area (Å²) < 4.78 is 36.9. The summed E-state index contributed by atoms with van der Waals surface area (Å²) in [5.74, 6) is 1.23. The summed E-state index contributed by atoms with van der Waals surface area (Å²) in [5.41, 5.74) is 1.32. The van der Waals surface area contributed by atoms with E-state index >= 15 is 0 Å². The molecule has 0 saturated carbocycles. The van der Waals surface area contributed by atoms with Gasteiger partial charge in [-0.05, 0) is 19.0 Å². The Kier molecular flexibility index (Phi) is 8.98. The van der Waals surface area contributed by atoms with Crippen LogP contribution in [0.1, 0.15) is 17.9 Å². The van der Waals surface area contributed by atoms with Crippen LogP contribution in [-0.4, -0.2) is 68.8 Å². The van der Waals surface area contributed by atoms with Crippen molar-refractivity contribution in [1.82, 2.24) is 15.1 Å². The van der Waals surface area contributed by atoms with Crippen molar-refractivity contribution < 1.29 is 13.2 Å². The summed E-state index contributed by atoms with van der Waals surface area (Å²) in [6.07, 6.45) is -3.10. The molecule has 1 saturated heterocycles. The van der Waals surface area contributed by atoms with Crippen molar-refractivity contribution >= 4 is 29.9 Å². The average Bonchev–Trinajstić information content (AvgIpc) is 3.00. The zero-order valence-electron chi connectivity index (χ0n) is 14.6. The highest BCUT2D eigenvalue weighted by Gasteiger charge is 2.29. The molecule has 1 unspecified atom stereocenters. The maximum atomic E-state index is 12.3. The van der Waals surface area contributed by atoms with Crippen LogP contribution in [-0.2, 0) is 0 Å². The molecule has 1 N–H and O–H groups in total. The number of benzene rings is 1. The average molecular weight is 470 g/mol. The maximum Gasteiger partial charge on any atom is 0.401 e. The summed E-state index contributed by atoms with van der Waals surface area (Å²) in [4.78, 5) is 7.69. The number of likely N-dealkylation sites (N-methyl/N-ethyl adjacent to an activating group) is 1. The summed E-state index contributed by atoms with van der Waals surface area (Å²) in [7, 11) is 3.18. The van der Waals surface area contributed by atoms with Gasteiger partial charge in [0, 0.05) is 39.1 Å². The molecule has 1 atom stereocenters. The Morgan fingerprint density at radius 1 is 1.32 bits per heavy atom. The molecule has 4 nitrogen and oxygen atoms in total. The first-order valence-corrected chi connectivity index (χ1v) is 8.15. The second-order valence-electron chi connectivity index (χ2n) is 6.17. The fourth-order valence-electron chi connectivity index (χ4n) is 3.03. The predicted octanol–water partition coefficient (Wildman–Crippen LogP) is 3.16. The van der Waals surface area contributed by atoms with Gasteiger partial charge in [0.05, 0.1) is 6.54 Å². The molecule has 1 fully saturated rings. The topological polar surface area (TPSA) is 30.9 Å². The van der Waals surface area contributed by atoms with E-state index in [0.29, 0.717) is 19.0 Å². The smallest absolute Gasteiger partial charge is 0.355 e. The molecular weight excluding hydrogens is 444 g/mol. The van der Waals surface area contributed by atoms with Gasteiger partial charge in [0.15, 0.2) is 5.96 Å². The van der Waals surface area contributed by atoms with Gasteiger partial charge in [-0.2, -0.15) is 13.2 Å². The van der Waals surface area contributed by atoms with Crippen molar-refractivity contribution in [3.05, 3.63) is 35.9 Å². The normalized spacial score (nSPS) is 18.4. The molecule has 0 amide bonds. The lowest BCUT2D eigenvalue weighted by atomic mass is 9.99. The second-order valence-corrected chi connectivity index (χ2v) is 6.17. The zero-order valence-corrected chi connectivity index (χ0v) is 16.9. The molecule has 2 rings (SSSR count). The van der Waals surface area contributed by atoms with Crippen LogP contribution in [0.15, 0.2) is 35.3 Å². The van der Waals surface area contributed by atoms with E-state index in [1.807, 2.05) is 18.2 Å². The molecule has 142 valence electrons. The van der Waals surface area contributed by atoms with Crippen LogP contribution in [0.4, 0.5) is 13.2 Å². The minimum atomic E-state index is -4.16. The lowest BCUT2D eigenvalue weighted by Crippen LogP contribution is -2.43. The first kappa shape index (κ1) is 22.0. The van der Waals surface area contributed by atoms with Crippen molar-refractivity contribution in [2.75, 3.05) is 46.8 Å². The van der Waals surface area contributed by atoms with E-state index in [9.17, 15) is 13.2 Å². The van der Waals surface area contributed by atoms with E-state index in [0.717, 1.165) is 25.5 Å². The molecular formula is C17H26F3IN4. The molecule has 0 aliphatic carbocycles. The third-order valence-corrected chi connectivity index (χ3v) is 4.20. The summed E-state index contributed by atoms with van der Waals surface area (Å²) in [6, 6.07) is 10.4. The van der Waals surface area contributed by atoms with Gasteiger partial charge in [-0.25, -0.2) is 0 Å². The Morgan fingerprint density at radius 2 is 2.00 bits per heavy atom. The number of guanidine groups is 1. The van der Waals surface area contributed by atoms with Gasteiger partial charge in [0.1, 0.15) is 0 Å². The van der Waals surface area contributed by atoms with Gasteiger partial charge in [0.25, 0.3) is 0 Å². The number of rotatable bonds is 5. The number of hydrogen-bond donors (Lipinski definition) is 1.